The number of aromatic amines is 1. The van der Waals surface area contributed by atoms with Crippen molar-refractivity contribution in [2.24, 2.45) is 0 Å². The lowest BCUT2D eigenvalue weighted by molar-refractivity contribution is -0.132. The number of nitrogens with zero attached hydrogens (tertiary/aromatic N) is 3. The van der Waals surface area contributed by atoms with Gasteiger partial charge < -0.3 is 15.4 Å². The van der Waals surface area contributed by atoms with Crippen molar-refractivity contribution < 1.29 is 9.53 Å². The van der Waals surface area contributed by atoms with Crippen LogP contribution >= 0.6 is 0 Å². The minimum absolute atomic E-state index is 0.125. The summed E-state index contributed by atoms with van der Waals surface area (Å²) < 4.78 is 5.67. The number of rotatable bonds is 6. The van der Waals surface area contributed by atoms with Gasteiger partial charge in [-0.1, -0.05) is 18.2 Å². The monoisotopic (exact) mass is 391 g/mol. The molecule has 0 radical (unpaired) electrons. The van der Waals surface area contributed by atoms with Gasteiger partial charge in [0, 0.05) is 36.5 Å². The molecule has 1 aliphatic heterocycles. The molecule has 0 spiro atoms. The van der Waals surface area contributed by atoms with Gasteiger partial charge >= 0.3 is 0 Å². The van der Waals surface area contributed by atoms with E-state index in [0.29, 0.717) is 25.4 Å². The second-order valence-corrected chi connectivity index (χ2v) is 7.26. The van der Waals surface area contributed by atoms with E-state index in [-0.39, 0.29) is 11.8 Å². The first kappa shape index (κ1) is 19.0. The summed E-state index contributed by atoms with van der Waals surface area (Å²) in [6, 6.07) is 13.4. The highest BCUT2D eigenvalue weighted by atomic mass is 16.5. The fraction of sp³-hybridized carbons (Fsp3) is 0.318. The van der Waals surface area contributed by atoms with Gasteiger partial charge in [0.15, 0.2) is 0 Å². The van der Waals surface area contributed by atoms with Crippen LogP contribution in [0.15, 0.2) is 54.9 Å². The summed E-state index contributed by atoms with van der Waals surface area (Å²) in [5, 5.41) is 7.39. The number of pyridine rings is 1. The molecule has 1 aromatic carbocycles. The minimum Gasteiger partial charge on any atom is -0.493 e. The minimum atomic E-state index is 0.125. The van der Waals surface area contributed by atoms with Gasteiger partial charge in [-0.25, -0.2) is 4.98 Å². The van der Waals surface area contributed by atoms with Gasteiger partial charge in [0.25, 0.3) is 0 Å². The van der Waals surface area contributed by atoms with E-state index >= 15 is 0 Å². The third-order valence-electron chi connectivity index (χ3n) is 5.27. The Morgan fingerprint density at radius 2 is 2.14 bits per heavy atom. The number of nitrogens with one attached hydrogen (secondary N) is 1. The molecule has 7 heteroatoms. The number of aromatic nitrogens is 3. The fourth-order valence-corrected chi connectivity index (χ4v) is 3.82. The highest BCUT2D eigenvalue weighted by molar-refractivity contribution is 5.76. The zero-order valence-corrected chi connectivity index (χ0v) is 16.3. The number of amides is 1. The predicted molar refractivity (Wildman–Crippen MR) is 111 cm³/mol. The van der Waals surface area contributed by atoms with Crippen LogP contribution in [0.25, 0.3) is 11.1 Å². The molecule has 1 aliphatic rings. The third-order valence-corrected chi connectivity index (χ3v) is 5.27. The van der Waals surface area contributed by atoms with Gasteiger partial charge in [-0.2, -0.15) is 5.10 Å². The lowest BCUT2D eigenvalue weighted by Gasteiger charge is -2.33. The SMILES string of the molecule is Nc1cc(-c2cn[nH]c2[C@@H]2CCCN(C(=O)CCOc3ccccc3)C2)ccn1. The van der Waals surface area contributed by atoms with Gasteiger partial charge in [0.1, 0.15) is 11.6 Å². The molecular formula is C22H25N5O2. The van der Waals surface area contributed by atoms with E-state index in [1.807, 2.05) is 53.6 Å². The van der Waals surface area contributed by atoms with Crippen LogP contribution in [0.5, 0.6) is 5.75 Å². The first-order chi connectivity index (χ1) is 14.2. The molecule has 1 amide bonds. The number of piperidine rings is 1. The molecule has 3 heterocycles. The van der Waals surface area contributed by atoms with E-state index in [4.69, 9.17) is 10.5 Å². The molecule has 1 atom stereocenters. The molecular weight excluding hydrogens is 366 g/mol. The molecule has 0 bridgehead atoms. The molecule has 0 unspecified atom stereocenters. The van der Waals surface area contributed by atoms with Crippen molar-refractivity contribution in [2.45, 2.75) is 25.2 Å². The number of nitrogens with two attached hydrogens (primary N) is 1. The van der Waals surface area contributed by atoms with Crippen LogP contribution in [0.3, 0.4) is 0 Å². The summed E-state index contributed by atoms with van der Waals surface area (Å²) in [5.41, 5.74) is 8.89. The summed E-state index contributed by atoms with van der Waals surface area (Å²) >= 11 is 0. The summed E-state index contributed by atoms with van der Waals surface area (Å²) in [7, 11) is 0. The molecule has 3 N–H and O–H groups in total. The van der Waals surface area contributed by atoms with Crippen molar-refractivity contribution in [2.75, 3.05) is 25.4 Å². The first-order valence-corrected chi connectivity index (χ1v) is 9.91. The topological polar surface area (TPSA) is 97.1 Å². The normalized spacial score (nSPS) is 16.6. The maximum Gasteiger partial charge on any atom is 0.226 e. The number of carbonyl (C=O) groups excluding carboxylic acids is 1. The Balaban J connectivity index is 1.39. The molecule has 7 nitrogen and oxygen atoms in total. The van der Waals surface area contributed by atoms with Gasteiger partial charge in [0.2, 0.25) is 5.91 Å². The number of carbonyl (C=O) groups is 1. The quantitative estimate of drug-likeness (QED) is 0.672. The first-order valence-electron chi connectivity index (χ1n) is 9.91. The van der Waals surface area contributed by atoms with Crippen molar-refractivity contribution in [1.82, 2.24) is 20.1 Å². The summed E-state index contributed by atoms with van der Waals surface area (Å²) in [4.78, 5) is 18.7. The Labute approximate surface area is 169 Å². The van der Waals surface area contributed by atoms with E-state index in [9.17, 15) is 4.79 Å². The Bertz CT molecular complexity index is 957. The smallest absolute Gasteiger partial charge is 0.226 e. The number of anilines is 1. The number of likely N-dealkylation sites (tertiary alicyclic amines) is 1. The number of ether oxygens (including phenoxy) is 1. The second-order valence-electron chi connectivity index (χ2n) is 7.26. The fourth-order valence-electron chi connectivity index (χ4n) is 3.82. The predicted octanol–water partition coefficient (Wildman–Crippen LogP) is 3.23. The molecule has 3 aromatic rings. The lowest BCUT2D eigenvalue weighted by atomic mass is 9.90. The number of hydrogen-bond acceptors (Lipinski definition) is 5. The maximum atomic E-state index is 12.7. The largest absolute Gasteiger partial charge is 0.493 e. The maximum absolute atomic E-state index is 12.7. The van der Waals surface area contributed by atoms with E-state index in [1.165, 1.54) is 0 Å². The average Bonchev–Trinajstić information content (AvgIpc) is 3.25. The number of para-hydroxylation sites is 1. The molecule has 0 saturated carbocycles. The van der Waals surface area contributed by atoms with E-state index < -0.39 is 0 Å². The van der Waals surface area contributed by atoms with Crippen molar-refractivity contribution in [3.8, 4) is 16.9 Å². The Morgan fingerprint density at radius 1 is 1.28 bits per heavy atom. The van der Waals surface area contributed by atoms with Gasteiger partial charge in [0.05, 0.1) is 19.2 Å². The van der Waals surface area contributed by atoms with Crippen LogP contribution < -0.4 is 10.5 Å². The van der Waals surface area contributed by atoms with Gasteiger partial charge in [-0.3, -0.25) is 9.89 Å². The zero-order chi connectivity index (χ0) is 20.1. The molecule has 150 valence electrons. The van der Waals surface area contributed by atoms with Crippen LogP contribution in [-0.2, 0) is 4.79 Å². The van der Waals surface area contributed by atoms with Crippen LogP contribution in [0.4, 0.5) is 5.82 Å². The van der Waals surface area contributed by atoms with Crippen LogP contribution in [0.1, 0.15) is 30.9 Å². The molecule has 1 fully saturated rings. The summed E-state index contributed by atoms with van der Waals surface area (Å²) in [6.45, 7) is 1.85. The molecule has 29 heavy (non-hydrogen) atoms. The van der Waals surface area contributed by atoms with Crippen LogP contribution in [0, 0.1) is 0 Å². The van der Waals surface area contributed by atoms with Crippen molar-refractivity contribution in [1.29, 1.82) is 0 Å². The number of hydrogen-bond donors (Lipinski definition) is 2. The Hall–Kier alpha value is -3.35. The van der Waals surface area contributed by atoms with Crippen LogP contribution in [0.2, 0.25) is 0 Å². The van der Waals surface area contributed by atoms with Crippen LogP contribution in [-0.4, -0.2) is 45.7 Å². The Morgan fingerprint density at radius 3 is 2.97 bits per heavy atom. The molecule has 1 saturated heterocycles. The third kappa shape index (κ3) is 4.56. The van der Waals surface area contributed by atoms with E-state index in [0.717, 1.165) is 42.0 Å². The average molecular weight is 391 g/mol. The Kier molecular flexibility index (Phi) is 5.74. The standard InChI is InChI=1S/C22H25N5O2/c23-20-13-16(8-10-24-20)19-14-25-26-22(19)17-5-4-11-27(15-17)21(28)9-12-29-18-6-2-1-3-7-18/h1-3,6-8,10,13-14,17H,4-5,9,11-12,15H2,(H2,23,24)(H,25,26)/t17-/m1/s1. The number of H-pyrrole nitrogens is 1. The van der Waals surface area contributed by atoms with Gasteiger partial charge in [-0.05, 0) is 42.7 Å². The van der Waals surface area contributed by atoms with Crippen molar-refractivity contribution in [3.05, 3.63) is 60.6 Å². The highest BCUT2D eigenvalue weighted by Gasteiger charge is 2.27. The second kappa shape index (κ2) is 8.77. The number of nitrogen functional groups attached to an aromatic ring is 1. The van der Waals surface area contributed by atoms with E-state index in [2.05, 4.69) is 15.2 Å². The van der Waals surface area contributed by atoms with E-state index in [1.54, 1.807) is 6.20 Å². The zero-order valence-electron chi connectivity index (χ0n) is 16.3. The summed E-state index contributed by atoms with van der Waals surface area (Å²) in [6.07, 6.45) is 5.87. The molecule has 0 aliphatic carbocycles. The van der Waals surface area contributed by atoms with Crippen molar-refractivity contribution in [3.63, 3.8) is 0 Å². The summed E-state index contributed by atoms with van der Waals surface area (Å²) in [5.74, 6) is 1.61. The van der Waals surface area contributed by atoms with Crippen molar-refractivity contribution >= 4 is 11.7 Å². The van der Waals surface area contributed by atoms with Gasteiger partial charge in [-0.15, -0.1) is 0 Å². The lowest BCUT2D eigenvalue weighted by Crippen LogP contribution is -2.39. The molecule has 2 aromatic heterocycles. The molecule has 4 rings (SSSR count). The number of benzene rings is 1. The highest BCUT2D eigenvalue weighted by Crippen LogP contribution is 2.33.